The van der Waals surface area contributed by atoms with Gasteiger partial charge in [-0.05, 0) is 44.4 Å². The highest BCUT2D eigenvalue weighted by Crippen LogP contribution is 2.21. The Balaban J connectivity index is 2.10. The van der Waals surface area contributed by atoms with Crippen molar-refractivity contribution in [3.63, 3.8) is 0 Å². The van der Waals surface area contributed by atoms with Gasteiger partial charge in [-0.25, -0.2) is 0 Å². The third kappa shape index (κ3) is 4.63. The quantitative estimate of drug-likeness (QED) is 0.821. The van der Waals surface area contributed by atoms with E-state index in [1.165, 1.54) is 0 Å². The lowest BCUT2D eigenvalue weighted by molar-refractivity contribution is -0.123. The number of unbranched alkanes of at least 4 members (excludes halogenated alkanes) is 1. The first-order valence-electron chi connectivity index (χ1n) is 8.08. The number of carbonyl (C=O) groups is 1. The number of rotatable bonds is 7. The van der Waals surface area contributed by atoms with Crippen molar-refractivity contribution in [2.45, 2.75) is 46.1 Å². The number of hydrogen-bond acceptors (Lipinski definition) is 4. The molecule has 0 aliphatic rings. The highest BCUT2D eigenvalue weighted by atomic mass is 16.5. The fraction of sp³-hybridized carbons (Fsp3) is 0.368. The number of carbonyl (C=O) groups excluding carboxylic acids is 1. The van der Waals surface area contributed by atoms with Gasteiger partial charge in [-0.3, -0.25) is 10.1 Å². The maximum Gasteiger partial charge on any atom is 0.267 e. The van der Waals surface area contributed by atoms with Gasteiger partial charge >= 0.3 is 0 Å². The summed E-state index contributed by atoms with van der Waals surface area (Å²) in [5.74, 6) is 0.862. The number of ether oxygens (including phenoxy) is 1. The number of nitriles is 1. The van der Waals surface area contributed by atoms with E-state index in [-0.39, 0.29) is 17.6 Å². The van der Waals surface area contributed by atoms with Crippen molar-refractivity contribution in [2.75, 3.05) is 5.32 Å². The average Bonchev–Trinajstić information content (AvgIpc) is 2.90. The molecule has 1 aromatic carbocycles. The lowest BCUT2D eigenvalue weighted by atomic mass is 10.1. The highest BCUT2D eigenvalue weighted by Gasteiger charge is 2.22. The molecule has 1 amide bonds. The van der Waals surface area contributed by atoms with E-state index in [4.69, 9.17) is 14.4 Å². The van der Waals surface area contributed by atoms with E-state index in [1.807, 2.05) is 37.3 Å². The smallest absolute Gasteiger partial charge is 0.267 e. The summed E-state index contributed by atoms with van der Waals surface area (Å²) in [4.78, 5) is 12.5. The fourth-order valence-corrected chi connectivity index (χ4v) is 2.34. The summed E-state index contributed by atoms with van der Waals surface area (Å²) in [5.41, 5.74) is 1.76. The minimum Gasteiger partial charge on any atom is -0.481 e. The minimum atomic E-state index is -0.609. The predicted octanol–water partition coefficient (Wildman–Crippen LogP) is 4.34. The van der Waals surface area contributed by atoms with Crippen LogP contribution in [-0.4, -0.2) is 12.0 Å². The number of nitrogens with zero attached hydrogens (tertiary/aromatic N) is 1. The second-order valence-corrected chi connectivity index (χ2v) is 5.79. The Hall–Kier alpha value is -2.74. The Kier molecular flexibility index (Phi) is 6.02. The molecule has 126 valence electrons. The normalized spacial score (nSPS) is 11.6. The Bertz CT molecular complexity index is 743. The van der Waals surface area contributed by atoms with Crippen LogP contribution in [0.3, 0.4) is 0 Å². The van der Waals surface area contributed by atoms with Crippen LogP contribution in [0.2, 0.25) is 0 Å². The number of nitrogens with one attached hydrogen (secondary N) is 1. The molecule has 1 N–H and O–H groups in total. The molecule has 1 atom stereocenters. The lowest BCUT2D eigenvalue weighted by Crippen LogP contribution is -2.33. The predicted molar refractivity (Wildman–Crippen MR) is 91.9 cm³/mol. The lowest BCUT2D eigenvalue weighted by Gasteiger charge is -2.18. The number of benzene rings is 1. The Labute approximate surface area is 142 Å². The fourth-order valence-electron chi connectivity index (χ4n) is 2.34. The van der Waals surface area contributed by atoms with E-state index >= 15 is 0 Å². The van der Waals surface area contributed by atoms with Crippen molar-refractivity contribution >= 4 is 11.8 Å². The standard InChI is InChI=1S/C19H22N2O3/c1-4-5-9-16(23-15-8-6-7-13(2)10-15)19(22)21-18-11-14(3)17(12-20)24-18/h6-8,10-11,16H,4-5,9H2,1-3H3,(H,21,22). The molecular formula is C19H22N2O3. The van der Waals surface area contributed by atoms with E-state index in [2.05, 4.69) is 12.2 Å². The van der Waals surface area contributed by atoms with Gasteiger partial charge in [0.2, 0.25) is 11.6 Å². The molecule has 5 nitrogen and oxygen atoms in total. The van der Waals surface area contributed by atoms with Gasteiger partial charge in [-0.1, -0.05) is 25.5 Å². The molecular weight excluding hydrogens is 304 g/mol. The molecule has 0 aliphatic heterocycles. The van der Waals surface area contributed by atoms with Crippen LogP contribution in [-0.2, 0) is 4.79 Å². The van der Waals surface area contributed by atoms with Crippen LogP contribution >= 0.6 is 0 Å². The van der Waals surface area contributed by atoms with Crippen molar-refractivity contribution in [3.05, 3.63) is 47.2 Å². The van der Waals surface area contributed by atoms with Gasteiger partial charge in [0.1, 0.15) is 11.8 Å². The van der Waals surface area contributed by atoms with E-state index < -0.39 is 6.10 Å². The van der Waals surface area contributed by atoms with Crippen LogP contribution in [0, 0.1) is 25.2 Å². The summed E-state index contributed by atoms with van der Waals surface area (Å²) in [6.07, 6.45) is 1.85. The molecule has 1 aromatic heterocycles. The Morgan fingerprint density at radius 2 is 2.17 bits per heavy atom. The zero-order valence-electron chi connectivity index (χ0n) is 14.3. The first kappa shape index (κ1) is 17.6. The molecule has 24 heavy (non-hydrogen) atoms. The monoisotopic (exact) mass is 326 g/mol. The molecule has 1 heterocycles. The molecule has 2 aromatic rings. The van der Waals surface area contributed by atoms with Crippen molar-refractivity contribution in [3.8, 4) is 11.8 Å². The summed E-state index contributed by atoms with van der Waals surface area (Å²) < 4.78 is 11.2. The molecule has 0 spiro atoms. The van der Waals surface area contributed by atoms with E-state index in [1.54, 1.807) is 13.0 Å². The van der Waals surface area contributed by atoms with E-state index in [0.717, 1.165) is 18.4 Å². The average molecular weight is 326 g/mol. The number of furan rings is 1. The molecule has 0 radical (unpaired) electrons. The van der Waals surface area contributed by atoms with Crippen molar-refractivity contribution in [1.82, 2.24) is 0 Å². The maximum absolute atomic E-state index is 12.5. The maximum atomic E-state index is 12.5. The van der Waals surface area contributed by atoms with Gasteiger partial charge in [0, 0.05) is 11.6 Å². The van der Waals surface area contributed by atoms with Gasteiger partial charge in [0.15, 0.2) is 6.10 Å². The second kappa shape index (κ2) is 8.21. The molecule has 0 saturated carbocycles. The van der Waals surface area contributed by atoms with E-state index in [9.17, 15) is 4.79 Å². The molecule has 0 saturated heterocycles. The van der Waals surface area contributed by atoms with Gasteiger partial charge in [0.05, 0.1) is 0 Å². The van der Waals surface area contributed by atoms with Gasteiger partial charge < -0.3 is 9.15 Å². The Morgan fingerprint density at radius 3 is 2.79 bits per heavy atom. The van der Waals surface area contributed by atoms with Crippen molar-refractivity contribution in [2.24, 2.45) is 0 Å². The van der Waals surface area contributed by atoms with Gasteiger partial charge in [0.25, 0.3) is 5.91 Å². The van der Waals surface area contributed by atoms with Gasteiger partial charge in [-0.2, -0.15) is 5.26 Å². The largest absolute Gasteiger partial charge is 0.481 e. The van der Waals surface area contributed by atoms with Crippen LogP contribution in [0.25, 0.3) is 0 Å². The minimum absolute atomic E-state index is 0.204. The van der Waals surface area contributed by atoms with Gasteiger partial charge in [-0.15, -0.1) is 0 Å². The molecule has 2 rings (SSSR count). The summed E-state index contributed by atoms with van der Waals surface area (Å²) >= 11 is 0. The van der Waals surface area contributed by atoms with Crippen molar-refractivity contribution < 1.29 is 13.9 Å². The first-order valence-corrected chi connectivity index (χ1v) is 8.08. The van der Waals surface area contributed by atoms with E-state index in [0.29, 0.717) is 17.7 Å². The molecule has 0 aliphatic carbocycles. The number of hydrogen-bond donors (Lipinski definition) is 1. The zero-order chi connectivity index (χ0) is 17.5. The SMILES string of the molecule is CCCCC(Oc1cccc(C)c1)C(=O)Nc1cc(C)c(C#N)o1. The molecule has 0 fully saturated rings. The summed E-state index contributed by atoms with van der Waals surface area (Å²) in [7, 11) is 0. The third-order valence-electron chi connectivity index (χ3n) is 3.65. The number of amides is 1. The molecule has 5 heteroatoms. The first-order chi connectivity index (χ1) is 11.5. The van der Waals surface area contributed by atoms with Crippen LogP contribution in [0.4, 0.5) is 5.88 Å². The molecule has 0 bridgehead atoms. The third-order valence-corrected chi connectivity index (χ3v) is 3.65. The van der Waals surface area contributed by atoms with Crippen LogP contribution in [0.1, 0.15) is 43.1 Å². The van der Waals surface area contributed by atoms with Crippen LogP contribution in [0.5, 0.6) is 5.75 Å². The zero-order valence-corrected chi connectivity index (χ0v) is 14.3. The number of aryl methyl sites for hydroxylation is 2. The van der Waals surface area contributed by atoms with Crippen LogP contribution in [0.15, 0.2) is 34.7 Å². The summed E-state index contributed by atoms with van der Waals surface area (Å²) in [5, 5.41) is 11.6. The van der Waals surface area contributed by atoms with Crippen molar-refractivity contribution in [1.29, 1.82) is 5.26 Å². The highest BCUT2D eigenvalue weighted by molar-refractivity contribution is 5.93. The van der Waals surface area contributed by atoms with Crippen LogP contribution < -0.4 is 10.1 Å². The molecule has 1 unspecified atom stereocenters. The summed E-state index contributed by atoms with van der Waals surface area (Å²) in [6, 6.07) is 11.2. The summed E-state index contributed by atoms with van der Waals surface area (Å²) in [6.45, 7) is 5.80. The Morgan fingerprint density at radius 1 is 1.38 bits per heavy atom. The second-order valence-electron chi connectivity index (χ2n) is 5.79. The topological polar surface area (TPSA) is 75.3 Å². The number of anilines is 1.